The van der Waals surface area contributed by atoms with Gasteiger partial charge in [0.1, 0.15) is 17.4 Å². The van der Waals surface area contributed by atoms with Crippen LogP contribution in [-0.2, 0) is 17.6 Å². The Balaban J connectivity index is 2.16. The molecule has 0 saturated carbocycles. The molecule has 0 amide bonds. The maximum atomic E-state index is 13.6. The molecule has 0 bridgehead atoms. The molecule has 0 saturated heterocycles. The summed E-state index contributed by atoms with van der Waals surface area (Å²) >= 11 is 0. The number of hydrogen-bond donors (Lipinski definition) is 0. The molecule has 1 nitrogen and oxygen atoms in total. The van der Waals surface area contributed by atoms with Gasteiger partial charge in [0.15, 0.2) is 0 Å². The summed E-state index contributed by atoms with van der Waals surface area (Å²) in [4.78, 5) is 12.1. The van der Waals surface area contributed by atoms with E-state index in [4.69, 9.17) is 0 Å². The van der Waals surface area contributed by atoms with Crippen molar-refractivity contribution < 1.29 is 13.6 Å². The number of benzene rings is 2. The van der Waals surface area contributed by atoms with Gasteiger partial charge in [0.05, 0.1) is 0 Å². The predicted molar refractivity (Wildman–Crippen MR) is 79.4 cm³/mol. The lowest BCUT2D eigenvalue weighted by atomic mass is 9.94. The van der Waals surface area contributed by atoms with Gasteiger partial charge in [-0.15, -0.1) is 0 Å². The molecule has 2 aromatic carbocycles. The molecule has 2 rings (SSSR count). The zero-order valence-corrected chi connectivity index (χ0v) is 12.5. The van der Waals surface area contributed by atoms with Crippen LogP contribution >= 0.6 is 0 Å². The summed E-state index contributed by atoms with van der Waals surface area (Å²) in [5.41, 5.74) is 4.53. The van der Waals surface area contributed by atoms with E-state index in [1.54, 1.807) is 0 Å². The summed E-state index contributed by atoms with van der Waals surface area (Å²) in [6.45, 7) is 5.96. The van der Waals surface area contributed by atoms with E-state index >= 15 is 0 Å². The highest BCUT2D eigenvalue weighted by Gasteiger charge is 2.13. The molecular weight excluding hydrogens is 270 g/mol. The molecule has 21 heavy (non-hydrogen) atoms. The third-order valence-electron chi connectivity index (χ3n) is 3.62. The number of carbonyl (C=O) groups is 1. The first-order valence-electron chi connectivity index (χ1n) is 6.89. The quantitative estimate of drug-likeness (QED) is 0.822. The molecule has 0 radical (unpaired) electrons. The summed E-state index contributed by atoms with van der Waals surface area (Å²) in [6, 6.07) is 7.39. The minimum Gasteiger partial charge on any atom is -0.299 e. The van der Waals surface area contributed by atoms with Crippen LogP contribution in [0.15, 0.2) is 30.3 Å². The maximum Gasteiger partial charge on any atom is 0.141 e. The molecule has 3 heteroatoms. The molecule has 0 N–H and O–H groups in total. The van der Waals surface area contributed by atoms with E-state index < -0.39 is 11.6 Å². The van der Waals surface area contributed by atoms with Gasteiger partial charge < -0.3 is 0 Å². The van der Waals surface area contributed by atoms with E-state index in [2.05, 4.69) is 0 Å². The van der Waals surface area contributed by atoms with Crippen LogP contribution in [0.25, 0.3) is 0 Å². The van der Waals surface area contributed by atoms with Crippen LogP contribution < -0.4 is 0 Å². The summed E-state index contributed by atoms with van der Waals surface area (Å²) < 4.78 is 26.4. The van der Waals surface area contributed by atoms with Gasteiger partial charge in [-0.25, -0.2) is 8.78 Å². The van der Waals surface area contributed by atoms with Crippen LogP contribution in [0.3, 0.4) is 0 Å². The first-order chi connectivity index (χ1) is 9.86. The molecular formula is C18H18F2O. The fraction of sp³-hybridized carbons (Fsp3) is 0.278. The first-order valence-corrected chi connectivity index (χ1v) is 6.89. The highest BCUT2D eigenvalue weighted by Crippen LogP contribution is 2.18. The van der Waals surface area contributed by atoms with E-state index in [0.29, 0.717) is 0 Å². The van der Waals surface area contributed by atoms with Crippen molar-refractivity contribution in [1.29, 1.82) is 0 Å². The monoisotopic (exact) mass is 288 g/mol. The van der Waals surface area contributed by atoms with Crippen LogP contribution in [-0.4, -0.2) is 5.78 Å². The second kappa shape index (κ2) is 6.17. The number of ketones is 1. The number of rotatable bonds is 4. The van der Waals surface area contributed by atoms with Crippen molar-refractivity contribution in [3.8, 4) is 0 Å². The fourth-order valence-electron chi connectivity index (χ4n) is 2.63. The number of halogens is 2. The molecule has 0 fully saturated rings. The summed E-state index contributed by atoms with van der Waals surface area (Å²) in [6.07, 6.45) is 0.258. The Labute approximate surface area is 123 Å². The second-order valence-electron chi connectivity index (χ2n) is 5.51. The van der Waals surface area contributed by atoms with Gasteiger partial charge in [-0.3, -0.25) is 4.79 Å². The Bertz CT molecular complexity index is 667. The van der Waals surface area contributed by atoms with Crippen LogP contribution in [0.4, 0.5) is 8.78 Å². The smallest absolute Gasteiger partial charge is 0.141 e. The molecule has 0 unspecified atom stereocenters. The lowest BCUT2D eigenvalue weighted by Gasteiger charge is -2.11. The van der Waals surface area contributed by atoms with E-state index in [1.807, 2.05) is 32.9 Å². The number of hydrogen-bond acceptors (Lipinski definition) is 1. The van der Waals surface area contributed by atoms with Crippen molar-refractivity contribution in [3.05, 3.63) is 69.8 Å². The van der Waals surface area contributed by atoms with Gasteiger partial charge in [-0.05, 0) is 49.1 Å². The van der Waals surface area contributed by atoms with Crippen molar-refractivity contribution >= 4 is 5.78 Å². The van der Waals surface area contributed by atoms with E-state index in [9.17, 15) is 13.6 Å². The molecule has 0 aliphatic heterocycles. The topological polar surface area (TPSA) is 17.1 Å². The lowest BCUT2D eigenvalue weighted by Crippen LogP contribution is -2.10. The van der Waals surface area contributed by atoms with Gasteiger partial charge >= 0.3 is 0 Å². The minimum absolute atomic E-state index is 0.0150. The Morgan fingerprint density at radius 2 is 1.57 bits per heavy atom. The van der Waals surface area contributed by atoms with Gasteiger partial charge in [-0.1, -0.05) is 23.8 Å². The summed E-state index contributed by atoms with van der Waals surface area (Å²) in [5, 5.41) is 0. The van der Waals surface area contributed by atoms with E-state index in [1.165, 1.54) is 12.1 Å². The highest BCUT2D eigenvalue weighted by atomic mass is 19.1. The average molecular weight is 288 g/mol. The molecule has 0 aromatic heterocycles. The largest absolute Gasteiger partial charge is 0.299 e. The minimum atomic E-state index is -0.666. The fourth-order valence-corrected chi connectivity index (χ4v) is 2.63. The normalized spacial score (nSPS) is 10.7. The van der Waals surface area contributed by atoms with E-state index in [0.717, 1.165) is 28.3 Å². The molecule has 0 heterocycles. The number of carbonyl (C=O) groups excluding carboxylic acids is 1. The first kappa shape index (κ1) is 15.4. The molecule has 2 aromatic rings. The second-order valence-corrected chi connectivity index (χ2v) is 5.51. The zero-order chi connectivity index (χ0) is 15.6. The number of aryl methyl sites for hydroxylation is 3. The van der Waals surface area contributed by atoms with Gasteiger partial charge in [-0.2, -0.15) is 0 Å². The molecule has 0 spiro atoms. The predicted octanol–water partition coefficient (Wildman–Crippen LogP) is 4.24. The SMILES string of the molecule is Cc1cc(C)c(CC(=O)Cc2ccc(F)cc2F)c(C)c1. The van der Waals surface area contributed by atoms with Crippen LogP contribution in [0.5, 0.6) is 0 Å². The molecule has 110 valence electrons. The van der Waals surface area contributed by atoms with Crippen molar-refractivity contribution in [2.45, 2.75) is 33.6 Å². The number of Topliss-reactive ketones (excluding diaryl/α,β-unsaturated/α-hetero) is 1. The Morgan fingerprint density at radius 3 is 2.14 bits per heavy atom. The van der Waals surface area contributed by atoms with Crippen molar-refractivity contribution in [2.24, 2.45) is 0 Å². The van der Waals surface area contributed by atoms with Gasteiger partial charge in [0, 0.05) is 18.9 Å². The average Bonchev–Trinajstić information content (AvgIpc) is 2.37. The molecule has 0 aliphatic carbocycles. The van der Waals surface area contributed by atoms with Crippen LogP contribution in [0.1, 0.15) is 27.8 Å². The standard InChI is InChI=1S/C18H18F2O/c1-11-6-12(2)17(13(3)7-11)10-16(21)8-14-4-5-15(19)9-18(14)20/h4-7,9H,8,10H2,1-3H3. The molecule has 0 aliphatic rings. The Morgan fingerprint density at radius 1 is 0.952 bits per heavy atom. The van der Waals surface area contributed by atoms with Crippen LogP contribution in [0.2, 0.25) is 0 Å². The highest BCUT2D eigenvalue weighted by molar-refractivity contribution is 5.83. The zero-order valence-electron chi connectivity index (χ0n) is 12.5. The third kappa shape index (κ3) is 3.75. The molecule has 0 atom stereocenters. The van der Waals surface area contributed by atoms with Crippen LogP contribution in [0, 0.1) is 32.4 Å². The van der Waals surface area contributed by atoms with E-state index in [-0.39, 0.29) is 24.2 Å². The summed E-state index contributed by atoms with van der Waals surface area (Å²) in [5.74, 6) is -1.37. The third-order valence-corrected chi connectivity index (χ3v) is 3.62. The Hall–Kier alpha value is -2.03. The van der Waals surface area contributed by atoms with Crippen molar-refractivity contribution in [2.75, 3.05) is 0 Å². The maximum absolute atomic E-state index is 13.6. The summed E-state index contributed by atoms with van der Waals surface area (Å²) in [7, 11) is 0. The van der Waals surface area contributed by atoms with Gasteiger partial charge in [0.2, 0.25) is 0 Å². The lowest BCUT2D eigenvalue weighted by molar-refractivity contribution is -0.117. The van der Waals surface area contributed by atoms with Crippen molar-refractivity contribution in [3.63, 3.8) is 0 Å². The van der Waals surface area contributed by atoms with Gasteiger partial charge in [0.25, 0.3) is 0 Å². The van der Waals surface area contributed by atoms with Crippen molar-refractivity contribution in [1.82, 2.24) is 0 Å². The Kier molecular flexibility index (Phi) is 4.51.